The molecule has 0 aliphatic carbocycles. The van der Waals surface area contributed by atoms with E-state index in [-0.39, 0.29) is 0 Å². The molecule has 2 unspecified atom stereocenters. The van der Waals surface area contributed by atoms with Crippen LogP contribution >= 0.6 is 11.3 Å². The monoisotopic (exact) mass is 741 g/mol. The van der Waals surface area contributed by atoms with Crippen molar-refractivity contribution >= 4 is 44.7 Å². The van der Waals surface area contributed by atoms with E-state index in [1.165, 1.54) is 0 Å². The van der Waals surface area contributed by atoms with Crippen LogP contribution in [-0.4, -0.2) is 33.1 Å². The summed E-state index contributed by atoms with van der Waals surface area (Å²) in [6, 6.07) is 52.8. The topological polar surface area (TPSA) is 72.6 Å². The molecule has 56 heavy (non-hydrogen) atoms. The third-order valence-electron chi connectivity index (χ3n) is 9.80. The minimum atomic E-state index is -0.530. The summed E-state index contributed by atoms with van der Waals surface area (Å²) in [7, 11) is 0. The van der Waals surface area contributed by atoms with Crippen molar-refractivity contribution in [3.63, 3.8) is 0 Å². The number of amidine groups is 1. The zero-order valence-electron chi connectivity index (χ0n) is 30.4. The first-order valence-electron chi connectivity index (χ1n) is 18.4. The fourth-order valence-corrected chi connectivity index (χ4v) is 7.88. The van der Waals surface area contributed by atoms with Crippen LogP contribution in [0.15, 0.2) is 192 Å². The van der Waals surface area contributed by atoms with Crippen molar-refractivity contribution in [2.45, 2.75) is 6.10 Å². The maximum atomic E-state index is 6.77. The standard InChI is InChI=1S/C49H35N5OS/c1-3-38(48(50-30-33-17-7-4-8-18-33)51-41-31-56-43-28-14-13-25-39(41)43)45-32(2)44-40(26-16-27-42(44)55-45)49-53-46(35-21-11-6-12-22-35)52-47(54-49)37-24-15-23-36(29-37)34-19-9-5-10-20-34/h3-31,38,45H,1-2H2/b50-30+,51-48-. The van der Waals surface area contributed by atoms with Crippen molar-refractivity contribution < 1.29 is 4.74 Å². The fourth-order valence-electron chi connectivity index (χ4n) is 7.00. The molecule has 1 aliphatic rings. The molecule has 7 heteroatoms. The van der Waals surface area contributed by atoms with E-state index in [0.29, 0.717) is 29.1 Å². The van der Waals surface area contributed by atoms with Crippen LogP contribution in [0.3, 0.4) is 0 Å². The third kappa shape index (κ3) is 6.88. The molecule has 0 spiro atoms. The molecule has 0 saturated carbocycles. The van der Waals surface area contributed by atoms with Gasteiger partial charge in [0, 0.05) is 43.9 Å². The van der Waals surface area contributed by atoms with Gasteiger partial charge in [0.15, 0.2) is 17.5 Å². The van der Waals surface area contributed by atoms with E-state index >= 15 is 0 Å². The van der Waals surface area contributed by atoms with Gasteiger partial charge < -0.3 is 4.74 Å². The predicted octanol–water partition coefficient (Wildman–Crippen LogP) is 12.2. The Morgan fingerprint density at radius 2 is 1.29 bits per heavy atom. The van der Waals surface area contributed by atoms with Crippen LogP contribution in [0.5, 0.6) is 5.75 Å². The highest BCUT2D eigenvalue weighted by molar-refractivity contribution is 7.17. The number of thiophene rings is 1. The Balaban J connectivity index is 1.13. The van der Waals surface area contributed by atoms with Crippen molar-refractivity contribution in [3.8, 4) is 51.0 Å². The highest BCUT2D eigenvalue weighted by atomic mass is 32.1. The van der Waals surface area contributed by atoms with Crippen molar-refractivity contribution in [3.05, 3.63) is 193 Å². The second-order valence-corrected chi connectivity index (χ2v) is 14.3. The molecule has 6 nitrogen and oxygen atoms in total. The van der Waals surface area contributed by atoms with Crippen molar-refractivity contribution in [2.24, 2.45) is 15.9 Å². The van der Waals surface area contributed by atoms with Crippen LogP contribution in [0.4, 0.5) is 5.69 Å². The number of hydrogen-bond acceptors (Lipinski definition) is 6. The van der Waals surface area contributed by atoms with E-state index in [4.69, 9.17) is 29.7 Å². The Hall–Kier alpha value is -7.09. The highest BCUT2D eigenvalue weighted by Gasteiger charge is 2.37. The average molecular weight is 742 g/mol. The molecule has 268 valence electrons. The van der Waals surface area contributed by atoms with E-state index in [1.807, 2.05) is 134 Å². The van der Waals surface area contributed by atoms with Crippen molar-refractivity contribution in [1.82, 2.24) is 15.0 Å². The van der Waals surface area contributed by atoms with Gasteiger partial charge in [0.2, 0.25) is 0 Å². The Bertz CT molecular complexity index is 2780. The summed E-state index contributed by atoms with van der Waals surface area (Å²) in [6.45, 7) is 8.90. The maximum Gasteiger partial charge on any atom is 0.164 e. The molecular formula is C49H35N5OS. The van der Waals surface area contributed by atoms with Gasteiger partial charge in [-0.25, -0.2) is 24.9 Å². The summed E-state index contributed by atoms with van der Waals surface area (Å²) >= 11 is 1.66. The SMILES string of the molecule is C=CC(C(=N/c1csc2ccccc12)/N=C/c1ccccc1)C1Oc2cccc(-c3nc(-c4ccccc4)nc(-c4cccc(-c5ccccc5)c4)n3)c2C1=C. The number of aliphatic imine (C=N–C) groups is 2. The molecule has 0 bridgehead atoms. The Morgan fingerprint density at radius 3 is 2.05 bits per heavy atom. The largest absolute Gasteiger partial charge is 0.484 e. The lowest BCUT2D eigenvalue weighted by atomic mass is 9.90. The van der Waals surface area contributed by atoms with Gasteiger partial charge >= 0.3 is 0 Å². The molecule has 0 saturated heterocycles. The first-order valence-corrected chi connectivity index (χ1v) is 19.2. The highest BCUT2D eigenvalue weighted by Crippen LogP contribution is 2.45. The van der Waals surface area contributed by atoms with Crippen LogP contribution < -0.4 is 4.74 Å². The van der Waals surface area contributed by atoms with E-state index in [0.717, 1.165) is 60.3 Å². The van der Waals surface area contributed by atoms with E-state index in [9.17, 15) is 0 Å². The smallest absolute Gasteiger partial charge is 0.164 e. The van der Waals surface area contributed by atoms with Crippen LogP contribution in [0.1, 0.15) is 11.1 Å². The number of nitrogens with zero attached hydrogens (tertiary/aromatic N) is 5. The Labute approximate surface area is 329 Å². The van der Waals surface area contributed by atoms with Crippen LogP contribution in [0.2, 0.25) is 0 Å². The van der Waals surface area contributed by atoms with Crippen molar-refractivity contribution in [1.29, 1.82) is 0 Å². The number of fused-ring (bicyclic) bond motifs is 2. The lowest BCUT2D eigenvalue weighted by Crippen LogP contribution is -2.28. The van der Waals surface area contributed by atoms with Gasteiger partial charge in [-0.3, -0.25) is 0 Å². The molecule has 1 aliphatic heterocycles. The Kier molecular flexibility index (Phi) is 9.49. The maximum absolute atomic E-state index is 6.77. The van der Waals surface area contributed by atoms with E-state index in [1.54, 1.807) is 11.3 Å². The summed E-state index contributed by atoms with van der Waals surface area (Å²) in [5.74, 6) is 2.49. The zero-order chi connectivity index (χ0) is 37.8. The number of rotatable bonds is 9. The van der Waals surface area contributed by atoms with Gasteiger partial charge in [-0.15, -0.1) is 17.9 Å². The molecule has 0 amide bonds. The molecule has 0 N–H and O–H groups in total. The second kappa shape index (κ2) is 15.3. The summed E-state index contributed by atoms with van der Waals surface area (Å²) < 4.78 is 7.93. The minimum absolute atomic E-state index is 0.434. The first-order chi connectivity index (χ1) is 27.6. The summed E-state index contributed by atoms with van der Waals surface area (Å²) in [6.07, 6.45) is 3.16. The van der Waals surface area contributed by atoms with Crippen LogP contribution in [0, 0.1) is 5.92 Å². The normalized spacial score (nSPS) is 14.5. The number of benzene rings is 6. The molecule has 3 heterocycles. The van der Waals surface area contributed by atoms with Crippen molar-refractivity contribution in [2.75, 3.05) is 0 Å². The van der Waals surface area contributed by atoms with E-state index < -0.39 is 12.0 Å². The molecule has 8 aromatic rings. The average Bonchev–Trinajstić information content (AvgIpc) is 3.84. The molecule has 0 fully saturated rings. The van der Waals surface area contributed by atoms with Gasteiger partial charge in [0.1, 0.15) is 17.7 Å². The summed E-state index contributed by atoms with van der Waals surface area (Å²) in [4.78, 5) is 25.4. The van der Waals surface area contributed by atoms with Gasteiger partial charge in [-0.1, -0.05) is 152 Å². The Morgan fingerprint density at radius 1 is 0.661 bits per heavy atom. The lowest BCUT2D eigenvalue weighted by Gasteiger charge is -2.21. The summed E-state index contributed by atoms with van der Waals surface area (Å²) in [5, 5.41) is 3.14. The van der Waals surface area contributed by atoms with Gasteiger partial charge in [-0.05, 0) is 40.5 Å². The fraction of sp³-hybridized carbons (Fsp3) is 0.0408. The third-order valence-corrected chi connectivity index (χ3v) is 10.8. The number of aromatic nitrogens is 3. The summed E-state index contributed by atoms with van der Waals surface area (Å²) in [5.41, 5.74) is 8.19. The zero-order valence-corrected chi connectivity index (χ0v) is 31.2. The minimum Gasteiger partial charge on any atom is -0.484 e. The number of ether oxygens (including phenoxy) is 1. The molecular weight excluding hydrogens is 707 g/mol. The molecule has 2 atom stereocenters. The van der Waals surface area contributed by atoms with Gasteiger partial charge in [0.05, 0.1) is 11.6 Å². The second-order valence-electron chi connectivity index (χ2n) is 13.4. The quantitative estimate of drug-likeness (QED) is 0.0839. The first kappa shape index (κ1) is 34.7. The molecule has 9 rings (SSSR count). The van der Waals surface area contributed by atoms with Gasteiger partial charge in [-0.2, -0.15) is 0 Å². The van der Waals surface area contributed by atoms with Gasteiger partial charge in [0.25, 0.3) is 0 Å². The predicted molar refractivity (Wildman–Crippen MR) is 232 cm³/mol. The molecule has 0 radical (unpaired) electrons. The van der Waals surface area contributed by atoms with Crippen LogP contribution in [-0.2, 0) is 0 Å². The van der Waals surface area contributed by atoms with E-state index in [2.05, 4.69) is 54.9 Å². The molecule has 6 aromatic carbocycles. The van der Waals surface area contributed by atoms with Crippen LogP contribution in [0.25, 0.3) is 60.9 Å². The molecule has 2 aromatic heterocycles. The number of hydrogen-bond donors (Lipinski definition) is 0. The lowest BCUT2D eigenvalue weighted by molar-refractivity contribution is 0.256.